The van der Waals surface area contributed by atoms with Gasteiger partial charge in [0.15, 0.2) is 0 Å². The fourth-order valence-electron chi connectivity index (χ4n) is 15.4. The molecule has 0 aliphatic heterocycles. The highest BCUT2D eigenvalue weighted by molar-refractivity contribution is 5.92. The maximum absolute atomic E-state index is 13.3. The average molecular weight is 2050 g/mol. The molecule has 6 N–H and O–H groups in total. The second kappa shape index (κ2) is 60.0. The van der Waals surface area contributed by atoms with Crippen LogP contribution >= 0.6 is 0 Å². The third-order valence-electron chi connectivity index (χ3n) is 23.0. The summed E-state index contributed by atoms with van der Waals surface area (Å²) in [5, 5.41) is 16.0. The average Bonchev–Trinajstić information content (AvgIpc) is 1.60. The van der Waals surface area contributed by atoms with Crippen LogP contribution in [0.1, 0.15) is 222 Å². The van der Waals surface area contributed by atoms with Crippen molar-refractivity contribution in [3.63, 3.8) is 0 Å². The van der Waals surface area contributed by atoms with Gasteiger partial charge >= 0.3 is 36.6 Å². The van der Waals surface area contributed by atoms with Gasteiger partial charge in [0.05, 0.1) is 80.8 Å². The molecule has 1 fully saturated rings. The third-order valence-corrected chi connectivity index (χ3v) is 23.0. The summed E-state index contributed by atoms with van der Waals surface area (Å²) in [7, 11) is 1.56. The Labute approximate surface area is 872 Å². The van der Waals surface area contributed by atoms with E-state index in [1.165, 1.54) is 70.5 Å². The summed E-state index contributed by atoms with van der Waals surface area (Å²) in [5.41, 5.74) is 21.1. The number of anilines is 6. The van der Waals surface area contributed by atoms with Gasteiger partial charge in [-0.25, -0.2) is 32.8 Å². The van der Waals surface area contributed by atoms with E-state index in [0.29, 0.717) is 111 Å². The zero-order valence-electron chi connectivity index (χ0n) is 89.3. The number of amides is 6. The van der Waals surface area contributed by atoms with Crippen molar-refractivity contribution in [2.45, 2.75) is 229 Å². The van der Waals surface area contributed by atoms with Crippen LogP contribution in [0.25, 0.3) is 0 Å². The summed E-state index contributed by atoms with van der Waals surface area (Å²) in [5.74, 6) is 6.72. The summed E-state index contributed by atoms with van der Waals surface area (Å²) in [6.07, 6.45) is -7.72. The molecule has 6 amide bonds. The molecular weight excluding hydrogens is 1910 g/mol. The summed E-state index contributed by atoms with van der Waals surface area (Å²) < 4.78 is 137. The Morgan fingerprint density at radius 1 is 0.315 bits per heavy atom. The van der Waals surface area contributed by atoms with Crippen molar-refractivity contribution < 1.29 is 112 Å². The lowest BCUT2D eigenvalue weighted by Gasteiger charge is -2.18. The molecule has 1 aliphatic rings. The maximum atomic E-state index is 13.3. The zero-order chi connectivity index (χ0) is 109. The van der Waals surface area contributed by atoms with E-state index in [4.69, 9.17) is 61.6 Å². The van der Waals surface area contributed by atoms with E-state index in [1.807, 2.05) is 210 Å². The van der Waals surface area contributed by atoms with Gasteiger partial charge in [0, 0.05) is 51.1 Å². The molecular formula is C119H141F5N6O19. The number of alkyl halides is 5. The number of methoxy groups -OCH3 is 1. The van der Waals surface area contributed by atoms with E-state index < -0.39 is 48.6 Å². The Bertz CT molecular complexity index is 6320. The first-order valence-electron chi connectivity index (χ1n) is 49.7. The minimum atomic E-state index is -4.62. The first-order valence-corrected chi connectivity index (χ1v) is 49.7. The SMILES string of the molecule is CCC(=O)Nc1ccc(C(C)C)cc1COc1ccc(C)cc1C.CCOC(=O)Nc1c(COc2ccc(C)cc2C)cccc1C(F)(F)F.CCOC(=O)Nc1c(COc2ccc(C)cc2C)cccc1C(F)F.CCOC(=O)Nc1c(COc2ccc(C)cc2C)cccc1C1CC1.CCOC(=O)Nc1c(COc2ccc(C)cc2C)cccc1OC.CCOC(=O)Nc1c(COc2ccc(C)cc2C)cccc1OCC. The Morgan fingerprint density at radius 2 is 0.617 bits per heavy atom. The molecule has 0 spiro atoms. The van der Waals surface area contributed by atoms with Crippen molar-refractivity contribution in [3.05, 3.63) is 341 Å². The first kappa shape index (κ1) is 119. The molecule has 30 heteroatoms. The van der Waals surface area contributed by atoms with Crippen LogP contribution in [0.3, 0.4) is 0 Å². The second-order valence-corrected chi connectivity index (χ2v) is 35.4. The third kappa shape index (κ3) is 38.4. The fraction of sp³-hybridized carbons (Fsp3) is 0.345. The van der Waals surface area contributed by atoms with Crippen molar-refractivity contribution in [3.8, 4) is 46.0 Å². The molecule has 149 heavy (non-hydrogen) atoms. The van der Waals surface area contributed by atoms with Crippen LogP contribution in [-0.2, 0) is 74.3 Å². The summed E-state index contributed by atoms with van der Waals surface area (Å²) in [6.45, 7) is 43.6. The summed E-state index contributed by atoms with van der Waals surface area (Å²) in [4.78, 5) is 70.7. The molecule has 0 aromatic heterocycles. The number of ether oxygens (including phenoxy) is 13. The van der Waals surface area contributed by atoms with Crippen LogP contribution in [0.2, 0.25) is 0 Å². The highest BCUT2D eigenvalue weighted by Gasteiger charge is 2.36. The van der Waals surface area contributed by atoms with Crippen molar-refractivity contribution in [1.82, 2.24) is 0 Å². The quantitative estimate of drug-likeness (QED) is 0.0157. The van der Waals surface area contributed by atoms with Crippen molar-refractivity contribution in [2.24, 2.45) is 0 Å². The molecule has 1 aliphatic carbocycles. The van der Waals surface area contributed by atoms with E-state index in [9.17, 15) is 50.7 Å². The number of nitrogens with one attached hydrogen (secondary N) is 6. The molecule has 12 aromatic rings. The van der Waals surface area contributed by atoms with Gasteiger partial charge < -0.3 is 66.9 Å². The van der Waals surface area contributed by atoms with E-state index in [0.717, 1.165) is 107 Å². The van der Waals surface area contributed by atoms with Crippen LogP contribution < -0.4 is 69.8 Å². The van der Waals surface area contributed by atoms with Crippen LogP contribution in [0, 0.1) is 83.1 Å². The molecule has 796 valence electrons. The number of carbonyl (C=O) groups is 6. The number of carbonyl (C=O) groups excluding carboxylic acids is 6. The monoisotopic (exact) mass is 2050 g/mol. The molecule has 0 heterocycles. The fourth-order valence-corrected chi connectivity index (χ4v) is 15.4. The molecule has 0 unspecified atom stereocenters. The van der Waals surface area contributed by atoms with Crippen LogP contribution in [-0.4, -0.2) is 83.1 Å². The summed E-state index contributed by atoms with van der Waals surface area (Å²) in [6, 6.07) is 67.1. The second-order valence-electron chi connectivity index (χ2n) is 35.4. The molecule has 13 rings (SSSR count). The highest BCUT2D eigenvalue weighted by atomic mass is 19.4. The van der Waals surface area contributed by atoms with Gasteiger partial charge in [-0.1, -0.05) is 212 Å². The highest BCUT2D eigenvalue weighted by Crippen LogP contribution is 2.46. The summed E-state index contributed by atoms with van der Waals surface area (Å²) >= 11 is 0. The zero-order valence-corrected chi connectivity index (χ0v) is 89.3. The molecule has 0 bridgehead atoms. The largest absolute Gasteiger partial charge is 0.495 e. The Morgan fingerprint density at radius 3 is 0.940 bits per heavy atom. The van der Waals surface area contributed by atoms with Crippen LogP contribution in [0.5, 0.6) is 46.0 Å². The lowest BCUT2D eigenvalue weighted by molar-refractivity contribution is -0.137. The molecule has 0 radical (unpaired) electrons. The normalized spacial score (nSPS) is 11.1. The Hall–Kier alpha value is -15.5. The van der Waals surface area contributed by atoms with Gasteiger partial charge in [-0.2, -0.15) is 13.2 Å². The van der Waals surface area contributed by atoms with Gasteiger partial charge in [0.2, 0.25) is 5.91 Å². The molecule has 25 nitrogen and oxygen atoms in total. The molecule has 0 saturated heterocycles. The van der Waals surface area contributed by atoms with Gasteiger partial charge in [-0.15, -0.1) is 0 Å². The van der Waals surface area contributed by atoms with Crippen LogP contribution in [0.4, 0.5) is 80.0 Å². The number of aryl methyl sites for hydroxylation is 12. The van der Waals surface area contributed by atoms with Gasteiger partial charge in [0.25, 0.3) is 6.43 Å². The maximum Gasteiger partial charge on any atom is 0.418 e. The van der Waals surface area contributed by atoms with E-state index >= 15 is 0 Å². The molecule has 1 saturated carbocycles. The van der Waals surface area contributed by atoms with E-state index in [1.54, 1.807) is 59.9 Å². The topological polar surface area (TPSA) is 295 Å². The van der Waals surface area contributed by atoms with Gasteiger partial charge in [0.1, 0.15) is 85.6 Å². The number of hydrogen-bond donors (Lipinski definition) is 6. The minimum absolute atomic E-state index is 0.0139. The number of rotatable bonds is 36. The minimum Gasteiger partial charge on any atom is -0.495 e. The lowest BCUT2D eigenvalue weighted by atomic mass is 10.00. The standard InChI is InChI=1S/C21H25NO3.C21H27NO2.C20H25NO4.C19H20F3NO3.C19H21F2NO3.C19H23NO4/c1-4-24-21(23)22-20-17(6-5-7-18(20)16-9-10-16)13-25-19-11-8-14(2)12-15(19)3;1-6-21(23)22-19-9-8-17(14(2)3)12-18(19)13-24-20-10-7-15(4)11-16(20)5;1-5-23-18-9-7-8-16(19(18)21-20(22)24-6-2)13-25-17-11-10-14(3)12-15(17)4;1-4-25-18(24)23-17-14(6-5-7-15(17)19(20,21)22)11-26-16-9-8-12(2)10-13(16)3;1-4-24-19(23)22-17-14(6-5-7-15(17)18(20)21)11-25-16-9-8-12(2)10-13(16)3;1-5-23-19(21)20-18-15(7-6-8-17(18)22-4)12-24-16-10-9-13(2)11-14(16)3/h5-8,11-12,16H,4,9-10,13H2,1-3H3,(H,22,23);7-12,14H,6,13H2,1-5H3,(H,22,23);7-12H,5-6,13H2,1-4H3,(H,21,22);5-10H,4,11H2,1-3H3,(H,23,24);5-10,18H,4,11H2,1-3H3,(H,22,23);6-11H,5,12H2,1-4H3,(H,20,21). The predicted molar refractivity (Wildman–Crippen MR) is 576 cm³/mol. The Kier molecular flexibility index (Phi) is 47.8. The molecule has 0 atom stereocenters. The Balaban J connectivity index is 0.000000218. The van der Waals surface area contributed by atoms with Crippen LogP contribution in [0.15, 0.2) is 218 Å². The van der Waals surface area contributed by atoms with Crippen molar-refractivity contribution in [1.29, 1.82) is 0 Å². The predicted octanol–water partition coefficient (Wildman–Crippen LogP) is 30.8. The van der Waals surface area contributed by atoms with E-state index in [2.05, 4.69) is 102 Å². The van der Waals surface area contributed by atoms with Crippen molar-refractivity contribution in [2.75, 3.05) is 78.7 Å². The molecule has 12 aromatic carbocycles. The number of hydrogen-bond acceptors (Lipinski definition) is 19. The van der Waals surface area contributed by atoms with Gasteiger partial charge in [-0.05, 0) is 254 Å². The lowest BCUT2D eigenvalue weighted by Crippen LogP contribution is -2.19. The first-order chi connectivity index (χ1) is 71.2. The van der Waals surface area contributed by atoms with Gasteiger partial charge in [-0.3, -0.25) is 31.4 Å². The van der Waals surface area contributed by atoms with E-state index in [-0.39, 0.29) is 54.8 Å². The van der Waals surface area contributed by atoms with Crippen molar-refractivity contribution >= 4 is 70.5 Å². The number of halogens is 5. The number of para-hydroxylation sites is 5. The number of benzene rings is 12. The smallest absolute Gasteiger partial charge is 0.418 e.